The van der Waals surface area contributed by atoms with Crippen molar-refractivity contribution in [3.8, 4) is 5.75 Å². The number of piperidine rings is 1. The zero-order valence-corrected chi connectivity index (χ0v) is 17.4. The maximum absolute atomic E-state index is 12.0. The van der Waals surface area contributed by atoms with Crippen molar-refractivity contribution >= 4 is 5.91 Å². The van der Waals surface area contributed by atoms with E-state index < -0.39 is 0 Å². The van der Waals surface area contributed by atoms with Gasteiger partial charge in [0.05, 0.1) is 6.04 Å². The minimum atomic E-state index is 0.0345. The Morgan fingerprint density at radius 3 is 3.00 bits per heavy atom. The van der Waals surface area contributed by atoms with Crippen LogP contribution in [0.25, 0.3) is 0 Å². The summed E-state index contributed by atoms with van der Waals surface area (Å²) in [4.78, 5) is 25.8. The fourth-order valence-corrected chi connectivity index (χ4v) is 4.32. The molecule has 29 heavy (non-hydrogen) atoms. The first kappa shape index (κ1) is 19.8. The lowest BCUT2D eigenvalue weighted by Gasteiger charge is -2.35. The van der Waals surface area contributed by atoms with Gasteiger partial charge in [-0.05, 0) is 43.9 Å². The third-order valence-electron chi connectivity index (χ3n) is 5.90. The van der Waals surface area contributed by atoms with Crippen molar-refractivity contribution in [2.24, 2.45) is 0 Å². The molecule has 1 unspecified atom stereocenters. The summed E-state index contributed by atoms with van der Waals surface area (Å²) in [5.41, 5.74) is 3.55. The van der Waals surface area contributed by atoms with Gasteiger partial charge in [-0.3, -0.25) is 9.69 Å². The first-order valence-electron chi connectivity index (χ1n) is 10.6. The molecule has 1 saturated heterocycles. The lowest BCUT2D eigenvalue weighted by atomic mass is 10.0. The molecule has 2 aliphatic rings. The van der Waals surface area contributed by atoms with E-state index in [2.05, 4.69) is 28.9 Å². The number of carbonyl (C=O) groups excluding carboxylic acids is 1. The summed E-state index contributed by atoms with van der Waals surface area (Å²) in [6, 6.07) is 8.20. The molecule has 4 rings (SSSR count). The molecule has 0 bridgehead atoms. The standard InChI is InChI=1S/C23H30N4O2/c1-17-6-5-7-20(14-17)29-13-12-26-11-9-21-19(16-26)15-24-23(25-21)22-8-3-4-10-27(22)18(2)28/h5-7,14-15,22H,3-4,8-13,16H2,1-2H3. The molecule has 6 nitrogen and oxygen atoms in total. The van der Waals surface area contributed by atoms with Crippen LogP contribution in [0, 0.1) is 6.92 Å². The third kappa shape index (κ3) is 4.75. The second kappa shape index (κ2) is 8.91. The number of carbonyl (C=O) groups is 1. The van der Waals surface area contributed by atoms with E-state index in [0.29, 0.717) is 6.61 Å². The van der Waals surface area contributed by atoms with Crippen molar-refractivity contribution in [1.29, 1.82) is 0 Å². The number of fused-ring (bicyclic) bond motifs is 1. The predicted octanol–water partition coefficient (Wildman–Crippen LogP) is 3.30. The quantitative estimate of drug-likeness (QED) is 0.779. The van der Waals surface area contributed by atoms with E-state index in [1.165, 1.54) is 11.1 Å². The van der Waals surface area contributed by atoms with Crippen molar-refractivity contribution in [2.75, 3.05) is 26.2 Å². The first-order chi connectivity index (χ1) is 14.1. The van der Waals surface area contributed by atoms with Gasteiger partial charge in [0.25, 0.3) is 0 Å². The Morgan fingerprint density at radius 2 is 2.17 bits per heavy atom. The van der Waals surface area contributed by atoms with Crippen LogP contribution in [0.4, 0.5) is 0 Å². The molecule has 1 amide bonds. The molecule has 3 heterocycles. The van der Waals surface area contributed by atoms with Gasteiger partial charge in [0.15, 0.2) is 5.82 Å². The molecule has 1 aromatic heterocycles. The van der Waals surface area contributed by atoms with Crippen LogP contribution in [-0.2, 0) is 17.8 Å². The minimum Gasteiger partial charge on any atom is -0.492 e. The number of likely N-dealkylation sites (tertiary alicyclic amines) is 1. The highest BCUT2D eigenvalue weighted by Crippen LogP contribution is 2.30. The Morgan fingerprint density at radius 1 is 1.28 bits per heavy atom. The molecule has 2 aliphatic heterocycles. The molecule has 1 fully saturated rings. The number of aryl methyl sites for hydroxylation is 1. The smallest absolute Gasteiger partial charge is 0.220 e. The maximum atomic E-state index is 12.0. The summed E-state index contributed by atoms with van der Waals surface area (Å²) in [7, 11) is 0. The lowest BCUT2D eigenvalue weighted by molar-refractivity contribution is -0.132. The summed E-state index contributed by atoms with van der Waals surface area (Å²) in [5.74, 6) is 1.86. The highest BCUT2D eigenvalue weighted by atomic mass is 16.5. The van der Waals surface area contributed by atoms with Gasteiger partial charge >= 0.3 is 0 Å². The second-order valence-corrected chi connectivity index (χ2v) is 8.12. The van der Waals surface area contributed by atoms with Crippen LogP contribution < -0.4 is 4.74 Å². The van der Waals surface area contributed by atoms with Crippen LogP contribution in [0.1, 0.15) is 54.9 Å². The van der Waals surface area contributed by atoms with Crippen LogP contribution in [0.3, 0.4) is 0 Å². The van der Waals surface area contributed by atoms with Crippen molar-refractivity contribution in [3.63, 3.8) is 0 Å². The van der Waals surface area contributed by atoms with E-state index in [4.69, 9.17) is 9.72 Å². The van der Waals surface area contributed by atoms with Crippen molar-refractivity contribution in [2.45, 2.75) is 52.1 Å². The number of amides is 1. The SMILES string of the molecule is CC(=O)N1CCCCC1c1ncc2c(n1)CCN(CCOc1cccc(C)c1)C2. The van der Waals surface area contributed by atoms with Gasteiger partial charge in [0.2, 0.25) is 5.91 Å². The summed E-state index contributed by atoms with van der Waals surface area (Å²) in [6.45, 7) is 7.92. The molecule has 0 aliphatic carbocycles. The number of rotatable bonds is 5. The molecule has 6 heteroatoms. The van der Waals surface area contributed by atoms with E-state index in [9.17, 15) is 4.79 Å². The van der Waals surface area contributed by atoms with E-state index in [1.54, 1.807) is 6.92 Å². The number of aromatic nitrogens is 2. The second-order valence-electron chi connectivity index (χ2n) is 8.12. The van der Waals surface area contributed by atoms with Gasteiger partial charge in [-0.1, -0.05) is 12.1 Å². The Balaban J connectivity index is 1.36. The Kier molecular flexibility index (Phi) is 6.09. The van der Waals surface area contributed by atoms with Crippen molar-refractivity contribution in [1.82, 2.24) is 19.8 Å². The lowest BCUT2D eigenvalue weighted by Crippen LogP contribution is -2.38. The average molecular weight is 395 g/mol. The molecule has 0 radical (unpaired) electrons. The molecule has 0 spiro atoms. The van der Waals surface area contributed by atoms with Gasteiger partial charge in [0.1, 0.15) is 12.4 Å². The van der Waals surface area contributed by atoms with Crippen molar-refractivity contribution < 1.29 is 9.53 Å². The molecule has 1 atom stereocenters. The summed E-state index contributed by atoms with van der Waals surface area (Å²) in [6.07, 6.45) is 6.05. The van der Waals surface area contributed by atoms with Gasteiger partial charge in [-0.25, -0.2) is 9.97 Å². The zero-order chi connectivity index (χ0) is 20.2. The summed E-state index contributed by atoms with van der Waals surface area (Å²) >= 11 is 0. The number of nitrogens with zero attached hydrogens (tertiary/aromatic N) is 4. The molecule has 0 N–H and O–H groups in total. The monoisotopic (exact) mass is 394 g/mol. The molecule has 2 aromatic rings. The fraction of sp³-hybridized carbons (Fsp3) is 0.522. The van der Waals surface area contributed by atoms with E-state index >= 15 is 0 Å². The normalized spacial score (nSPS) is 19.7. The van der Waals surface area contributed by atoms with Gasteiger partial charge in [0, 0.05) is 57.0 Å². The Bertz CT molecular complexity index is 870. The molecule has 0 saturated carbocycles. The van der Waals surface area contributed by atoms with Gasteiger partial charge in [-0.15, -0.1) is 0 Å². The van der Waals surface area contributed by atoms with Crippen LogP contribution >= 0.6 is 0 Å². The van der Waals surface area contributed by atoms with Crippen LogP contribution in [-0.4, -0.2) is 51.9 Å². The van der Waals surface area contributed by atoms with Crippen LogP contribution in [0.2, 0.25) is 0 Å². The number of ether oxygens (including phenoxy) is 1. The van der Waals surface area contributed by atoms with Gasteiger partial charge in [-0.2, -0.15) is 0 Å². The van der Waals surface area contributed by atoms with E-state index in [0.717, 1.165) is 69.1 Å². The molecular formula is C23H30N4O2. The molecule has 1 aromatic carbocycles. The maximum Gasteiger partial charge on any atom is 0.220 e. The number of hydrogen-bond acceptors (Lipinski definition) is 5. The Hall–Kier alpha value is -2.47. The first-order valence-corrected chi connectivity index (χ1v) is 10.6. The largest absolute Gasteiger partial charge is 0.492 e. The predicted molar refractivity (Wildman–Crippen MR) is 112 cm³/mol. The van der Waals surface area contributed by atoms with Crippen LogP contribution in [0.5, 0.6) is 5.75 Å². The molecular weight excluding hydrogens is 364 g/mol. The summed E-state index contributed by atoms with van der Waals surface area (Å²) in [5, 5.41) is 0. The number of benzene rings is 1. The van der Waals surface area contributed by atoms with E-state index in [-0.39, 0.29) is 11.9 Å². The minimum absolute atomic E-state index is 0.0345. The van der Waals surface area contributed by atoms with E-state index in [1.807, 2.05) is 23.2 Å². The van der Waals surface area contributed by atoms with Gasteiger partial charge < -0.3 is 9.64 Å². The van der Waals surface area contributed by atoms with Crippen molar-refractivity contribution in [3.05, 3.63) is 53.1 Å². The summed E-state index contributed by atoms with van der Waals surface area (Å²) < 4.78 is 5.90. The zero-order valence-electron chi connectivity index (χ0n) is 17.4. The Labute approximate surface area is 172 Å². The molecule has 154 valence electrons. The highest BCUT2D eigenvalue weighted by molar-refractivity contribution is 5.73. The highest BCUT2D eigenvalue weighted by Gasteiger charge is 2.29. The number of hydrogen-bond donors (Lipinski definition) is 0. The topological polar surface area (TPSA) is 58.6 Å². The average Bonchev–Trinajstić information content (AvgIpc) is 2.73. The third-order valence-corrected chi connectivity index (χ3v) is 5.90. The van der Waals surface area contributed by atoms with Crippen LogP contribution in [0.15, 0.2) is 30.5 Å². The fourth-order valence-electron chi connectivity index (χ4n) is 4.32.